The fourth-order valence-electron chi connectivity index (χ4n) is 4.65. The summed E-state index contributed by atoms with van der Waals surface area (Å²) in [6, 6.07) is 16.2. The number of nitrogens with one attached hydrogen (secondary N) is 2. The van der Waals surface area contributed by atoms with Crippen LogP contribution in [0.1, 0.15) is 24.1 Å². The number of halogens is 1. The highest BCUT2D eigenvalue weighted by molar-refractivity contribution is 9.10. The molecule has 3 heterocycles. The molecule has 0 unspecified atom stereocenters. The van der Waals surface area contributed by atoms with E-state index < -0.39 is 0 Å². The Morgan fingerprint density at radius 1 is 1.16 bits per heavy atom. The minimum absolute atomic E-state index is 0.0511. The lowest BCUT2D eigenvalue weighted by atomic mass is 9.82. The average Bonchev–Trinajstić information content (AvgIpc) is 3.28. The van der Waals surface area contributed by atoms with Gasteiger partial charge in [-0.15, -0.1) is 0 Å². The maximum Gasteiger partial charge on any atom is 0.321 e. The number of benzene rings is 2. The summed E-state index contributed by atoms with van der Waals surface area (Å²) >= 11 is 3.50. The molecular formula is C24H25BrN4O2. The topological polar surface area (TPSA) is 58.5 Å². The quantitative estimate of drug-likeness (QED) is 0.508. The van der Waals surface area contributed by atoms with Crippen molar-refractivity contribution >= 4 is 33.3 Å². The van der Waals surface area contributed by atoms with Crippen molar-refractivity contribution in [3.05, 3.63) is 70.5 Å². The van der Waals surface area contributed by atoms with Crippen LogP contribution in [0.25, 0.3) is 5.69 Å². The van der Waals surface area contributed by atoms with E-state index in [4.69, 9.17) is 4.74 Å². The number of methoxy groups -OCH3 is 1. The molecular weight excluding hydrogens is 456 g/mol. The Balaban J connectivity index is 1.34. The van der Waals surface area contributed by atoms with E-state index in [1.54, 1.807) is 7.11 Å². The summed E-state index contributed by atoms with van der Waals surface area (Å²) in [7, 11) is 1.69. The van der Waals surface area contributed by atoms with E-state index in [1.165, 1.54) is 5.69 Å². The first kappa shape index (κ1) is 20.0. The van der Waals surface area contributed by atoms with Crippen molar-refractivity contribution in [1.82, 2.24) is 9.47 Å². The van der Waals surface area contributed by atoms with E-state index in [9.17, 15) is 4.79 Å². The lowest BCUT2D eigenvalue weighted by Gasteiger charge is -2.46. The second kappa shape index (κ2) is 7.64. The van der Waals surface area contributed by atoms with Crippen molar-refractivity contribution in [3.8, 4) is 11.4 Å². The number of carbonyl (C=O) groups excluding carboxylic acids is 1. The van der Waals surface area contributed by atoms with Crippen molar-refractivity contribution in [1.29, 1.82) is 0 Å². The van der Waals surface area contributed by atoms with E-state index in [1.807, 2.05) is 36.1 Å². The first-order valence-electron chi connectivity index (χ1n) is 10.5. The van der Waals surface area contributed by atoms with Crippen LogP contribution in [0.5, 0.6) is 5.75 Å². The van der Waals surface area contributed by atoms with Gasteiger partial charge in [-0.05, 0) is 67.8 Å². The van der Waals surface area contributed by atoms with E-state index in [0.29, 0.717) is 13.1 Å². The smallest absolute Gasteiger partial charge is 0.321 e. The van der Waals surface area contributed by atoms with Crippen molar-refractivity contribution in [3.63, 3.8) is 0 Å². The van der Waals surface area contributed by atoms with Gasteiger partial charge >= 0.3 is 6.03 Å². The summed E-state index contributed by atoms with van der Waals surface area (Å²) < 4.78 is 8.72. The van der Waals surface area contributed by atoms with Crippen LogP contribution >= 0.6 is 15.9 Å². The molecule has 2 aliphatic heterocycles. The van der Waals surface area contributed by atoms with Crippen LogP contribution < -0.4 is 15.4 Å². The Bertz CT molecular complexity index is 1150. The second-order valence-electron chi connectivity index (χ2n) is 8.23. The molecule has 0 bridgehead atoms. The predicted octanol–water partition coefficient (Wildman–Crippen LogP) is 5.51. The van der Waals surface area contributed by atoms with E-state index in [0.717, 1.165) is 45.7 Å². The van der Waals surface area contributed by atoms with Gasteiger partial charge in [0.25, 0.3) is 0 Å². The van der Waals surface area contributed by atoms with E-state index in [-0.39, 0.29) is 11.6 Å². The number of urea groups is 1. The monoisotopic (exact) mass is 480 g/mol. The number of hydrogen-bond acceptors (Lipinski definition) is 3. The highest BCUT2D eigenvalue weighted by atomic mass is 79.9. The number of piperidine rings is 1. The van der Waals surface area contributed by atoms with Gasteiger partial charge in [0, 0.05) is 41.2 Å². The molecule has 0 aliphatic carbocycles. The number of likely N-dealkylation sites (tertiary alicyclic amines) is 1. The number of aromatic nitrogens is 1. The molecule has 2 amide bonds. The summed E-state index contributed by atoms with van der Waals surface area (Å²) in [5.74, 6) is 0.832. The van der Waals surface area contributed by atoms with Gasteiger partial charge < -0.3 is 24.8 Å². The largest absolute Gasteiger partial charge is 0.497 e. The van der Waals surface area contributed by atoms with Gasteiger partial charge in [-0.3, -0.25) is 0 Å². The Morgan fingerprint density at radius 3 is 2.71 bits per heavy atom. The van der Waals surface area contributed by atoms with Crippen LogP contribution in [-0.4, -0.2) is 35.7 Å². The summed E-state index contributed by atoms with van der Waals surface area (Å²) in [5.41, 5.74) is 5.14. The number of fused-ring (bicyclic) bond motifs is 4. The number of amides is 2. The Hall–Kier alpha value is -2.93. The van der Waals surface area contributed by atoms with Gasteiger partial charge in [-0.25, -0.2) is 4.79 Å². The third-order valence-electron chi connectivity index (χ3n) is 6.39. The zero-order valence-electron chi connectivity index (χ0n) is 17.6. The molecule has 6 nitrogen and oxygen atoms in total. The summed E-state index contributed by atoms with van der Waals surface area (Å²) in [5, 5.41) is 6.83. The van der Waals surface area contributed by atoms with Crippen LogP contribution in [0.3, 0.4) is 0 Å². The van der Waals surface area contributed by atoms with Gasteiger partial charge in [0.2, 0.25) is 0 Å². The van der Waals surface area contributed by atoms with Crippen LogP contribution in [0.15, 0.2) is 59.2 Å². The number of ether oxygens (including phenoxy) is 1. The number of hydrogen-bond donors (Lipinski definition) is 2. The standard InChI is InChI=1S/C24H25BrN4O2/c1-16-14-17(5-7-19(16)25)26-23(30)28-12-9-24(10-13-28)22-4-3-11-29(22)21-8-6-18(31-2)15-20(21)27-24/h3-8,11,14-15,27H,9-10,12-13H2,1-2H3,(H,26,30). The fourth-order valence-corrected chi connectivity index (χ4v) is 4.90. The van der Waals surface area contributed by atoms with Crippen molar-refractivity contribution < 1.29 is 9.53 Å². The van der Waals surface area contributed by atoms with E-state index in [2.05, 4.69) is 61.6 Å². The molecule has 1 saturated heterocycles. The molecule has 1 aromatic heterocycles. The lowest BCUT2D eigenvalue weighted by Crippen LogP contribution is -2.51. The molecule has 3 aromatic rings. The highest BCUT2D eigenvalue weighted by Crippen LogP contribution is 2.44. The first-order chi connectivity index (χ1) is 15.0. The highest BCUT2D eigenvalue weighted by Gasteiger charge is 2.42. The van der Waals surface area contributed by atoms with E-state index >= 15 is 0 Å². The summed E-state index contributed by atoms with van der Waals surface area (Å²) in [6.45, 7) is 3.37. The number of nitrogens with zero attached hydrogens (tertiary/aromatic N) is 2. The van der Waals surface area contributed by atoms with Gasteiger partial charge in [-0.2, -0.15) is 0 Å². The maximum atomic E-state index is 12.9. The third-order valence-corrected chi connectivity index (χ3v) is 7.28. The first-order valence-corrected chi connectivity index (χ1v) is 11.2. The summed E-state index contributed by atoms with van der Waals surface area (Å²) in [4.78, 5) is 14.8. The maximum absolute atomic E-state index is 12.9. The number of carbonyl (C=O) groups is 1. The SMILES string of the molecule is COc1ccc2c(c1)NC1(CCN(C(=O)Nc3ccc(Br)c(C)c3)CC1)c1cccn1-2. The van der Waals surface area contributed by atoms with Crippen LogP contribution in [-0.2, 0) is 5.54 Å². The number of rotatable bonds is 2. The molecule has 1 spiro atoms. The number of anilines is 2. The molecule has 0 atom stereocenters. The molecule has 5 rings (SSSR count). The summed E-state index contributed by atoms with van der Waals surface area (Å²) in [6.07, 6.45) is 3.78. The second-order valence-corrected chi connectivity index (χ2v) is 9.09. The van der Waals surface area contributed by atoms with Gasteiger partial charge in [0.1, 0.15) is 5.75 Å². The molecule has 2 aromatic carbocycles. The zero-order valence-corrected chi connectivity index (χ0v) is 19.2. The number of aryl methyl sites for hydroxylation is 1. The Morgan fingerprint density at radius 2 is 1.97 bits per heavy atom. The van der Waals surface area contributed by atoms with Crippen LogP contribution in [0.4, 0.5) is 16.2 Å². The minimum Gasteiger partial charge on any atom is -0.497 e. The van der Waals surface area contributed by atoms with Crippen molar-refractivity contribution in [2.24, 2.45) is 0 Å². The van der Waals surface area contributed by atoms with Crippen LogP contribution in [0, 0.1) is 6.92 Å². The van der Waals surface area contributed by atoms with Crippen molar-refractivity contribution in [2.45, 2.75) is 25.3 Å². The Labute approximate surface area is 190 Å². The van der Waals surface area contributed by atoms with Gasteiger partial charge in [0.05, 0.1) is 24.0 Å². The molecule has 7 heteroatoms. The zero-order chi connectivity index (χ0) is 21.6. The van der Waals surface area contributed by atoms with Gasteiger partial charge in [0.15, 0.2) is 0 Å². The normalized spacial score (nSPS) is 16.3. The molecule has 0 radical (unpaired) electrons. The average molecular weight is 481 g/mol. The fraction of sp³-hybridized carbons (Fsp3) is 0.292. The molecule has 0 saturated carbocycles. The molecule has 1 fully saturated rings. The van der Waals surface area contributed by atoms with Crippen LogP contribution in [0.2, 0.25) is 0 Å². The van der Waals surface area contributed by atoms with Crippen molar-refractivity contribution in [2.75, 3.05) is 30.8 Å². The molecule has 2 aliphatic rings. The molecule has 160 valence electrons. The molecule has 31 heavy (non-hydrogen) atoms. The predicted molar refractivity (Wildman–Crippen MR) is 126 cm³/mol. The lowest BCUT2D eigenvalue weighted by molar-refractivity contribution is 0.174. The van der Waals surface area contributed by atoms with Gasteiger partial charge in [-0.1, -0.05) is 15.9 Å². The Kier molecular flexibility index (Phi) is 4.93. The minimum atomic E-state index is -0.201. The third kappa shape index (κ3) is 3.47. The molecule has 2 N–H and O–H groups in total.